The van der Waals surface area contributed by atoms with Crippen molar-refractivity contribution in [1.82, 2.24) is 0 Å². The van der Waals surface area contributed by atoms with Gasteiger partial charge >= 0.3 is 12.2 Å². The predicted octanol–water partition coefficient (Wildman–Crippen LogP) is 4.08. The smallest absolute Gasteiger partial charge is 0.338 e. The molecule has 1 rings (SSSR count). The van der Waals surface area contributed by atoms with Gasteiger partial charge in [0.25, 0.3) is 0 Å². The topological polar surface area (TPSA) is 30.2 Å². The Morgan fingerprint density at radius 2 is 1.28 bits per heavy atom. The summed E-state index contributed by atoms with van der Waals surface area (Å²) in [5.74, 6) is -0.309. The minimum Gasteiger partial charge on any atom is -1.00 e. The van der Waals surface area contributed by atoms with Crippen molar-refractivity contribution in [2.75, 3.05) is 0 Å². The molecule has 0 saturated carbocycles. The van der Waals surface area contributed by atoms with Gasteiger partial charge in [-0.2, -0.15) is 4.57 Å². The van der Waals surface area contributed by atoms with Gasteiger partial charge < -0.3 is 21.7 Å². The third-order valence-corrected chi connectivity index (χ3v) is 5.22. The van der Waals surface area contributed by atoms with Crippen LogP contribution in [-0.4, -0.2) is 5.97 Å². The average Bonchev–Trinajstić information content (AvgIpc) is 2.71. The number of ether oxygens (including phenoxy) is 1. The van der Waals surface area contributed by atoms with E-state index in [0.29, 0.717) is 5.57 Å². The fourth-order valence-electron chi connectivity index (χ4n) is 3.43. The van der Waals surface area contributed by atoms with Crippen LogP contribution in [0.25, 0.3) is 0 Å². The summed E-state index contributed by atoms with van der Waals surface area (Å²) in [6.45, 7) is 7.66. The molecule has 0 aromatic carbocycles. The number of carbonyl (C=O) groups is 1. The second kappa shape index (κ2) is 18.8. The van der Waals surface area contributed by atoms with E-state index >= 15 is 0 Å². The molecule has 0 saturated heterocycles. The van der Waals surface area contributed by atoms with E-state index in [2.05, 4.69) is 13.5 Å². The molecule has 0 radical (unpaired) electrons. The fourth-order valence-corrected chi connectivity index (χ4v) is 3.43. The van der Waals surface area contributed by atoms with Gasteiger partial charge in [-0.3, -0.25) is 0 Å². The van der Waals surface area contributed by atoms with Crippen molar-refractivity contribution in [2.24, 2.45) is 0 Å². The molecular weight excluding hydrogens is 426 g/mol. The monoisotopic (exact) mass is 467 g/mol. The molecular formula is C25H42BrNO2. The van der Waals surface area contributed by atoms with Gasteiger partial charge in [0, 0.05) is 24.1 Å². The van der Waals surface area contributed by atoms with Crippen LogP contribution in [0.3, 0.4) is 0 Å². The van der Waals surface area contributed by atoms with Crippen LogP contribution in [0.15, 0.2) is 42.7 Å². The normalized spacial score (nSPS) is 11.5. The van der Waals surface area contributed by atoms with Gasteiger partial charge in [0.15, 0.2) is 12.4 Å². The second-order valence-electron chi connectivity index (χ2n) is 7.99. The maximum atomic E-state index is 11.9. The van der Waals surface area contributed by atoms with E-state index in [4.69, 9.17) is 4.74 Å². The van der Waals surface area contributed by atoms with Gasteiger partial charge in [-0.05, 0) is 13.3 Å². The van der Waals surface area contributed by atoms with E-state index < -0.39 is 0 Å². The minimum atomic E-state index is -0.309. The molecule has 0 aliphatic carbocycles. The average molecular weight is 469 g/mol. The molecule has 0 bridgehead atoms. The number of nitrogens with zero attached hydrogens (tertiary/aromatic N) is 1. The molecule has 0 fully saturated rings. The number of hydrogen-bond donors (Lipinski definition) is 0. The Morgan fingerprint density at radius 3 is 1.72 bits per heavy atom. The first kappa shape index (κ1) is 27.8. The SMILES string of the molecule is C=C(C)C(=O)OC(CCCCCCCCCCCCCCC)[n+]1ccccc1.[Br-]. The highest BCUT2D eigenvalue weighted by Crippen LogP contribution is 2.16. The number of rotatable bonds is 17. The zero-order valence-electron chi connectivity index (χ0n) is 18.7. The molecule has 4 heteroatoms. The van der Waals surface area contributed by atoms with Gasteiger partial charge in [-0.15, -0.1) is 0 Å². The molecule has 0 spiro atoms. The number of pyridine rings is 1. The zero-order valence-corrected chi connectivity index (χ0v) is 20.3. The molecule has 1 heterocycles. The summed E-state index contributed by atoms with van der Waals surface area (Å²) in [6.07, 6.45) is 21.9. The summed E-state index contributed by atoms with van der Waals surface area (Å²) in [6, 6.07) is 5.90. The van der Waals surface area contributed by atoms with Crippen LogP contribution in [-0.2, 0) is 9.53 Å². The van der Waals surface area contributed by atoms with Crippen LogP contribution in [0.5, 0.6) is 0 Å². The first-order valence-corrected chi connectivity index (χ1v) is 11.5. The number of unbranched alkanes of at least 4 members (excludes halogenated alkanes) is 12. The first-order valence-electron chi connectivity index (χ1n) is 11.5. The Morgan fingerprint density at radius 1 is 0.828 bits per heavy atom. The maximum Gasteiger partial charge on any atom is 0.338 e. The van der Waals surface area contributed by atoms with Gasteiger partial charge in [0.2, 0.25) is 0 Å². The molecule has 0 amide bonds. The predicted molar refractivity (Wildman–Crippen MR) is 117 cm³/mol. The molecule has 29 heavy (non-hydrogen) atoms. The van der Waals surface area contributed by atoms with E-state index in [-0.39, 0.29) is 29.2 Å². The molecule has 1 aromatic heterocycles. The van der Waals surface area contributed by atoms with Gasteiger partial charge in [-0.25, -0.2) is 4.79 Å². The fraction of sp³-hybridized carbons (Fsp3) is 0.680. The minimum absolute atomic E-state index is 0. The summed E-state index contributed by atoms with van der Waals surface area (Å²) >= 11 is 0. The van der Waals surface area contributed by atoms with E-state index in [1.165, 1.54) is 77.0 Å². The largest absolute Gasteiger partial charge is 1.00 e. The van der Waals surface area contributed by atoms with Crippen LogP contribution in [0.4, 0.5) is 0 Å². The quantitative estimate of drug-likeness (QED) is 0.149. The second-order valence-corrected chi connectivity index (χ2v) is 7.99. The van der Waals surface area contributed by atoms with Crippen molar-refractivity contribution in [3.8, 4) is 0 Å². The summed E-state index contributed by atoms with van der Waals surface area (Å²) in [5.41, 5.74) is 0.451. The Hall–Kier alpha value is -1.16. The highest BCUT2D eigenvalue weighted by Gasteiger charge is 2.22. The Balaban J connectivity index is 0.00000784. The van der Waals surface area contributed by atoms with E-state index in [1.807, 2.05) is 35.2 Å². The van der Waals surface area contributed by atoms with Gasteiger partial charge in [-0.1, -0.05) is 96.6 Å². The summed E-state index contributed by atoms with van der Waals surface area (Å²) < 4.78 is 7.60. The zero-order chi connectivity index (χ0) is 20.5. The van der Waals surface area contributed by atoms with Crippen LogP contribution in [0, 0.1) is 0 Å². The third kappa shape index (κ3) is 14.5. The lowest BCUT2D eigenvalue weighted by molar-refractivity contribution is -0.757. The van der Waals surface area contributed by atoms with E-state index in [1.54, 1.807) is 6.92 Å². The number of halogens is 1. The molecule has 0 aliphatic rings. The Bertz CT molecular complexity index is 533. The van der Waals surface area contributed by atoms with Crippen molar-refractivity contribution in [3.63, 3.8) is 0 Å². The van der Waals surface area contributed by atoms with Crippen LogP contribution in [0.1, 0.15) is 110 Å². The lowest BCUT2D eigenvalue weighted by Crippen LogP contribution is -3.00. The lowest BCUT2D eigenvalue weighted by atomic mass is 10.0. The highest BCUT2D eigenvalue weighted by molar-refractivity contribution is 5.86. The number of esters is 1. The van der Waals surface area contributed by atoms with Gasteiger partial charge in [0.05, 0.1) is 0 Å². The standard InChI is InChI=1S/C25H42NO2.BrH/c1-4-5-6-7-8-9-10-11-12-13-14-15-17-20-24(28-25(27)23(2)3)26-21-18-16-19-22-26;/h16,18-19,21-22,24H,2,4-15,17,20H2,1,3H3;1H/q+1;/p-1. The molecule has 3 nitrogen and oxygen atoms in total. The molecule has 0 N–H and O–H groups in total. The van der Waals surface area contributed by atoms with Crippen molar-refractivity contribution >= 4 is 5.97 Å². The third-order valence-electron chi connectivity index (χ3n) is 5.22. The number of carbonyl (C=O) groups excluding carboxylic acids is 1. The molecule has 1 atom stereocenters. The van der Waals surface area contributed by atoms with Crippen molar-refractivity contribution < 1.29 is 31.1 Å². The number of hydrogen-bond acceptors (Lipinski definition) is 2. The van der Waals surface area contributed by atoms with Gasteiger partial charge in [0.1, 0.15) is 0 Å². The number of aromatic nitrogens is 1. The Kier molecular flexibility index (Phi) is 18.1. The van der Waals surface area contributed by atoms with Crippen molar-refractivity contribution in [2.45, 2.75) is 110 Å². The summed E-state index contributed by atoms with van der Waals surface area (Å²) in [5, 5.41) is 0. The van der Waals surface area contributed by atoms with E-state index in [9.17, 15) is 4.79 Å². The van der Waals surface area contributed by atoms with Crippen molar-refractivity contribution in [3.05, 3.63) is 42.7 Å². The Labute approximate surface area is 189 Å². The molecule has 166 valence electrons. The summed E-state index contributed by atoms with van der Waals surface area (Å²) in [4.78, 5) is 11.9. The molecule has 1 aromatic rings. The van der Waals surface area contributed by atoms with Crippen LogP contribution < -0.4 is 21.5 Å². The van der Waals surface area contributed by atoms with E-state index in [0.717, 1.165) is 12.8 Å². The summed E-state index contributed by atoms with van der Waals surface area (Å²) in [7, 11) is 0. The molecule has 0 aliphatic heterocycles. The molecule has 1 unspecified atom stereocenters. The lowest BCUT2D eigenvalue weighted by Gasteiger charge is -2.13. The highest BCUT2D eigenvalue weighted by atomic mass is 79.9. The first-order chi connectivity index (χ1) is 13.6. The maximum absolute atomic E-state index is 11.9. The van der Waals surface area contributed by atoms with Crippen LogP contribution >= 0.6 is 0 Å². The van der Waals surface area contributed by atoms with Crippen molar-refractivity contribution in [1.29, 1.82) is 0 Å². The van der Waals surface area contributed by atoms with Crippen LogP contribution in [0.2, 0.25) is 0 Å².